The van der Waals surface area contributed by atoms with E-state index in [0.717, 1.165) is 18.5 Å². The van der Waals surface area contributed by atoms with Crippen molar-refractivity contribution in [2.75, 3.05) is 0 Å². The Morgan fingerprint density at radius 1 is 1.11 bits per heavy atom. The molecular formula is C15H16N2O2. The van der Waals surface area contributed by atoms with Crippen LogP contribution in [0.1, 0.15) is 22.8 Å². The molecule has 1 aromatic heterocycles. The van der Waals surface area contributed by atoms with Crippen molar-refractivity contribution in [1.29, 1.82) is 0 Å². The van der Waals surface area contributed by atoms with Crippen LogP contribution in [0.15, 0.2) is 36.4 Å². The topological polar surface area (TPSA) is 63.1 Å². The van der Waals surface area contributed by atoms with Gasteiger partial charge in [-0.3, -0.25) is 4.79 Å². The quantitative estimate of drug-likeness (QED) is 0.890. The monoisotopic (exact) mass is 256 g/mol. The average Bonchev–Trinajstić information content (AvgIpc) is 2.36. The van der Waals surface area contributed by atoms with Gasteiger partial charge >= 0.3 is 5.97 Å². The summed E-state index contributed by atoms with van der Waals surface area (Å²) in [4.78, 5) is 19.2. The lowest BCUT2D eigenvalue weighted by molar-refractivity contribution is -0.136. The fraction of sp³-hybridized carbons (Fsp3) is 0.267. The minimum atomic E-state index is -0.868. The molecule has 0 unspecified atom stereocenters. The highest BCUT2D eigenvalue weighted by Crippen LogP contribution is 2.08. The Balaban J connectivity index is 2.07. The summed E-state index contributed by atoms with van der Waals surface area (Å²) < 4.78 is 0. The number of benzene rings is 1. The number of rotatable bonds is 5. The second-order valence-corrected chi connectivity index (χ2v) is 4.45. The first-order valence-corrected chi connectivity index (χ1v) is 6.22. The van der Waals surface area contributed by atoms with E-state index in [0.29, 0.717) is 11.5 Å². The highest BCUT2D eigenvalue weighted by atomic mass is 16.4. The number of carbonyl (C=O) groups is 1. The van der Waals surface area contributed by atoms with E-state index >= 15 is 0 Å². The van der Waals surface area contributed by atoms with E-state index in [4.69, 9.17) is 5.11 Å². The number of nitrogens with zero attached hydrogens (tertiary/aromatic N) is 2. The number of aliphatic carboxylic acids is 1. The molecule has 0 radical (unpaired) electrons. The molecular weight excluding hydrogens is 240 g/mol. The minimum Gasteiger partial charge on any atom is -0.481 e. The molecule has 1 N–H and O–H groups in total. The molecule has 0 spiro atoms. The summed E-state index contributed by atoms with van der Waals surface area (Å²) in [5.74, 6) is -0.242. The third-order valence-corrected chi connectivity index (χ3v) is 2.79. The van der Waals surface area contributed by atoms with Crippen LogP contribution >= 0.6 is 0 Å². The molecule has 0 atom stereocenters. The van der Waals surface area contributed by atoms with E-state index in [1.54, 1.807) is 13.0 Å². The average molecular weight is 256 g/mol. The Bertz CT molecular complexity index is 568. The molecule has 0 aliphatic heterocycles. The Kier molecular flexibility index (Phi) is 4.23. The first-order valence-electron chi connectivity index (χ1n) is 6.22. The molecule has 1 aromatic carbocycles. The van der Waals surface area contributed by atoms with Crippen molar-refractivity contribution in [3.63, 3.8) is 0 Å². The molecule has 1 heterocycles. The van der Waals surface area contributed by atoms with E-state index < -0.39 is 5.97 Å². The normalized spacial score (nSPS) is 10.4. The summed E-state index contributed by atoms with van der Waals surface area (Å²) in [7, 11) is 0. The summed E-state index contributed by atoms with van der Waals surface area (Å²) in [5.41, 5.74) is 2.72. The zero-order valence-corrected chi connectivity index (χ0v) is 10.8. The van der Waals surface area contributed by atoms with Crippen LogP contribution in [0.5, 0.6) is 0 Å². The molecule has 0 aliphatic rings. The van der Waals surface area contributed by atoms with Gasteiger partial charge in [-0.15, -0.1) is 0 Å². The molecule has 0 fully saturated rings. The van der Waals surface area contributed by atoms with Gasteiger partial charge in [-0.25, -0.2) is 9.97 Å². The van der Waals surface area contributed by atoms with Gasteiger partial charge in [0.2, 0.25) is 0 Å². The van der Waals surface area contributed by atoms with E-state index in [-0.39, 0.29) is 6.42 Å². The summed E-state index contributed by atoms with van der Waals surface area (Å²) in [5, 5.41) is 8.80. The van der Waals surface area contributed by atoms with Crippen LogP contribution in [0.4, 0.5) is 0 Å². The first kappa shape index (κ1) is 13.2. The van der Waals surface area contributed by atoms with Gasteiger partial charge in [-0.1, -0.05) is 30.3 Å². The van der Waals surface area contributed by atoms with Crippen LogP contribution < -0.4 is 0 Å². The maximum absolute atomic E-state index is 10.7. The SMILES string of the molecule is Cc1nc(CCc2ccccc2)cc(CC(=O)O)n1. The molecule has 0 bridgehead atoms. The molecule has 0 amide bonds. The predicted octanol–water partition coefficient (Wildman–Crippen LogP) is 2.20. The second-order valence-electron chi connectivity index (χ2n) is 4.45. The van der Waals surface area contributed by atoms with E-state index in [9.17, 15) is 4.79 Å². The van der Waals surface area contributed by atoms with Crippen LogP contribution in [0.2, 0.25) is 0 Å². The highest BCUT2D eigenvalue weighted by molar-refractivity contribution is 5.69. The molecule has 0 saturated carbocycles. The molecule has 98 valence electrons. The Hall–Kier alpha value is -2.23. The van der Waals surface area contributed by atoms with Gasteiger partial charge in [0.25, 0.3) is 0 Å². The molecule has 0 aliphatic carbocycles. The summed E-state index contributed by atoms with van der Waals surface area (Å²) in [6.45, 7) is 1.79. The van der Waals surface area contributed by atoms with Gasteiger partial charge in [0.05, 0.1) is 12.1 Å². The van der Waals surface area contributed by atoms with Crippen molar-refractivity contribution in [1.82, 2.24) is 9.97 Å². The number of carboxylic acids is 1. The Labute approximate surface area is 112 Å². The van der Waals surface area contributed by atoms with Gasteiger partial charge in [0.15, 0.2) is 0 Å². The second kappa shape index (κ2) is 6.09. The van der Waals surface area contributed by atoms with Crippen LogP contribution in [0.3, 0.4) is 0 Å². The summed E-state index contributed by atoms with van der Waals surface area (Å²) in [6, 6.07) is 11.9. The predicted molar refractivity (Wildman–Crippen MR) is 72.0 cm³/mol. The van der Waals surface area contributed by atoms with E-state index in [1.165, 1.54) is 5.56 Å². The molecule has 4 heteroatoms. The maximum atomic E-state index is 10.7. The number of aryl methyl sites for hydroxylation is 3. The first-order chi connectivity index (χ1) is 9.13. The maximum Gasteiger partial charge on any atom is 0.309 e. The standard InChI is InChI=1S/C15H16N2O2/c1-11-16-13(9-14(17-11)10-15(18)19)8-7-12-5-3-2-4-6-12/h2-6,9H,7-8,10H2,1H3,(H,18,19). The Morgan fingerprint density at radius 3 is 2.47 bits per heavy atom. The van der Waals surface area contributed by atoms with Crippen LogP contribution in [0.25, 0.3) is 0 Å². The van der Waals surface area contributed by atoms with E-state index in [2.05, 4.69) is 22.1 Å². The molecule has 2 aromatic rings. The van der Waals surface area contributed by atoms with Crippen LogP contribution in [-0.4, -0.2) is 21.0 Å². The third kappa shape index (κ3) is 4.17. The fourth-order valence-corrected chi connectivity index (χ4v) is 1.99. The number of hydrogen-bond donors (Lipinski definition) is 1. The van der Waals surface area contributed by atoms with Crippen LogP contribution in [0, 0.1) is 6.92 Å². The molecule has 4 nitrogen and oxygen atoms in total. The number of carboxylic acid groups (broad SMARTS) is 1. The van der Waals surface area contributed by atoms with Crippen molar-refractivity contribution in [3.05, 3.63) is 59.2 Å². The number of hydrogen-bond acceptors (Lipinski definition) is 3. The largest absolute Gasteiger partial charge is 0.481 e. The summed E-state index contributed by atoms with van der Waals surface area (Å²) in [6.07, 6.45) is 1.63. The van der Waals surface area contributed by atoms with Gasteiger partial charge in [-0.2, -0.15) is 0 Å². The van der Waals surface area contributed by atoms with Crippen molar-refractivity contribution in [3.8, 4) is 0 Å². The molecule has 0 saturated heterocycles. The van der Waals surface area contributed by atoms with Gasteiger partial charge in [0, 0.05) is 5.69 Å². The fourth-order valence-electron chi connectivity index (χ4n) is 1.99. The number of aromatic nitrogens is 2. The van der Waals surface area contributed by atoms with Crippen molar-refractivity contribution < 1.29 is 9.90 Å². The van der Waals surface area contributed by atoms with Crippen molar-refractivity contribution in [2.24, 2.45) is 0 Å². The van der Waals surface area contributed by atoms with Crippen LogP contribution in [-0.2, 0) is 24.1 Å². The smallest absolute Gasteiger partial charge is 0.309 e. The lowest BCUT2D eigenvalue weighted by Crippen LogP contribution is -2.07. The molecule has 2 rings (SSSR count). The lowest BCUT2D eigenvalue weighted by atomic mass is 10.1. The zero-order chi connectivity index (χ0) is 13.7. The van der Waals surface area contributed by atoms with E-state index in [1.807, 2.05) is 18.2 Å². The summed E-state index contributed by atoms with van der Waals surface area (Å²) >= 11 is 0. The minimum absolute atomic E-state index is 0.0539. The van der Waals surface area contributed by atoms with Gasteiger partial charge < -0.3 is 5.11 Å². The van der Waals surface area contributed by atoms with Crippen molar-refractivity contribution >= 4 is 5.97 Å². The molecule has 19 heavy (non-hydrogen) atoms. The van der Waals surface area contributed by atoms with Gasteiger partial charge in [0.1, 0.15) is 5.82 Å². The third-order valence-electron chi connectivity index (χ3n) is 2.79. The zero-order valence-electron chi connectivity index (χ0n) is 10.8. The van der Waals surface area contributed by atoms with Crippen molar-refractivity contribution in [2.45, 2.75) is 26.2 Å². The highest BCUT2D eigenvalue weighted by Gasteiger charge is 2.06. The van der Waals surface area contributed by atoms with Gasteiger partial charge in [-0.05, 0) is 31.4 Å². The Morgan fingerprint density at radius 2 is 1.79 bits per heavy atom. The lowest BCUT2D eigenvalue weighted by Gasteiger charge is -2.05.